The van der Waals surface area contributed by atoms with Gasteiger partial charge in [-0.2, -0.15) is 0 Å². The highest BCUT2D eigenvalue weighted by molar-refractivity contribution is 6.30. The van der Waals surface area contributed by atoms with Gasteiger partial charge in [0, 0.05) is 29.9 Å². The van der Waals surface area contributed by atoms with Gasteiger partial charge in [-0.25, -0.2) is 0 Å². The SMILES string of the molecule is COCCn1c(C)ccc(C(N)c2ccc(Cl)cc2)c1=O. The van der Waals surface area contributed by atoms with E-state index >= 15 is 0 Å². The number of pyridine rings is 1. The average Bonchev–Trinajstić information content (AvgIpc) is 2.47. The molecule has 0 aliphatic carbocycles. The van der Waals surface area contributed by atoms with E-state index in [4.69, 9.17) is 22.1 Å². The summed E-state index contributed by atoms with van der Waals surface area (Å²) < 4.78 is 6.74. The molecule has 112 valence electrons. The summed E-state index contributed by atoms with van der Waals surface area (Å²) in [5.74, 6) is 0. The van der Waals surface area contributed by atoms with Crippen LogP contribution in [0.1, 0.15) is 22.9 Å². The zero-order valence-corrected chi connectivity index (χ0v) is 12.9. The molecule has 4 nitrogen and oxygen atoms in total. The van der Waals surface area contributed by atoms with Crippen molar-refractivity contribution < 1.29 is 4.74 Å². The van der Waals surface area contributed by atoms with E-state index in [1.54, 1.807) is 29.9 Å². The summed E-state index contributed by atoms with van der Waals surface area (Å²) in [7, 11) is 1.61. The van der Waals surface area contributed by atoms with Crippen LogP contribution in [0.2, 0.25) is 5.02 Å². The molecule has 2 N–H and O–H groups in total. The number of ether oxygens (including phenoxy) is 1. The van der Waals surface area contributed by atoms with Gasteiger partial charge in [-0.05, 0) is 36.8 Å². The third-order valence-electron chi connectivity index (χ3n) is 3.51. The van der Waals surface area contributed by atoms with Crippen molar-refractivity contribution in [2.75, 3.05) is 13.7 Å². The molecule has 0 fully saturated rings. The van der Waals surface area contributed by atoms with Gasteiger partial charge in [0.1, 0.15) is 0 Å². The predicted molar refractivity (Wildman–Crippen MR) is 84.8 cm³/mol. The second kappa shape index (κ2) is 6.89. The van der Waals surface area contributed by atoms with Crippen molar-refractivity contribution in [3.05, 3.63) is 68.6 Å². The van der Waals surface area contributed by atoms with Crippen molar-refractivity contribution in [2.24, 2.45) is 5.73 Å². The molecule has 2 aromatic rings. The van der Waals surface area contributed by atoms with Crippen molar-refractivity contribution in [1.82, 2.24) is 4.57 Å². The highest BCUT2D eigenvalue weighted by atomic mass is 35.5. The standard InChI is InChI=1S/C16H19ClN2O2/c1-11-3-8-14(16(20)19(11)9-10-21-2)15(18)12-4-6-13(17)7-5-12/h3-8,15H,9-10,18H2,1-2H3. The molecular weight excluding hydrogens is 288 g/mol. The molecule has 0 saturated heterocycles. The third kappa shape index (κ3) is 3.53. The van der Waals surface area contributed by atoms with Gasteiger partial charge in [-0.15, -0.1) is 0 Å². The summed E-state index contributed by atoms with van der Waals surface area (Å²) in [6.07, 6.45) is 0. The second-order valence-corrected chi connectivity index (χ2v) is 5.35. The molecule has 5 heteroatoms. The number of nitrogens with two attached hydrogens (primary N) is 1. The molecule has 0 amide bonds. The summed E-state index contributed by atoms with van der Waals surface area (Å²) in [5, 5.41) is 0.646. The predicted octanol–water partition coefficient (Wildman–Crippen LogP) is 2.50. The van der Waals surface area contributed by atoms with Gasteiger partial charge in [-0.1, -0.05) is 23.7 Å². The van der Waals surface area contributed by atoms with Crippen molar-refractivity contribution >= 4 is 11.6 Å². The highest BCUT2D eigenvalue weighted by Gasteiger charge is 2.15. The van der Waals surface area contributed by atoms with E-state index in [1.165, 1.54) is 0 Å². The first-order valence-electron chi connectivity index (χ1n) is 6.75. The fraction of sp³-hybridized carbons (Fsp3) is 0.312. The molecule has 0 radical (unpaired) electrons. The van der Waals surface area contributed by atoms with Gasteiger partial charge in [0.05, 0.1) is 12.6 Å². The number of methoxy groups -OCH3 is 1. The molecule has 1 heterocycles. The Kier molecular flexibility index (Phi) is 5.17. The Morgan fingerprint density at radius 1 is 1.24 bits per heavy atom. The van der Waals surface area contributed by atoms with Gasteiger partial charge < -0.3 is 15.0 Å². The number of aryl methyl sites for hydroxylation is 1. The van der Waals surface area contributed by atoms with Crippen LogP contribution >= 0.6 is 11.6 Å². The molecule has 2 rings (SSSR count). The van der Waals surface area contributed by atoms with Crippen LogP contribution in [-0.2, 0) is 11.3 Å². The van der Waals surface area contributed by atoms with Crippen molar-refractivity contribution in [1.29, 1.82) is 0 Å². The van der Waals surface area contributed by atoms with Crippen LogP contribution in [-0.4, -0.2) is 18.3 Å². The number of hydrogen-bond acceptors (Lipinski definition) is 3. The summed E-state index contributed by atoms with van der Waals surface area (Å²) >= 11 is 5.88. The molecule has 0 spiro atoms. The van der Waals surface area contributed by atoms with E-state index in [2.05, 4.69) is 0 Å². The van der Waals surface area contributed by atoms with E-state index in [9.17, 15) is 4.79 Å². The van der Waals surface area contributed by atoms with Crippen molar-refractivity contribution in [2.45, 2.75) is 19.5 Å². The first-order valence-corrected chi connectivity index (χ1v) is 7.12. The van der Waals surface area contributed by atoms with Crippen LogP contribution in [0, 0.1) is 6.92 Å². The third-order valence-corrected chi connectivity index (χ3v) is 3.76. The summed E-state index contributed by atoms with van der Waals surface area (Å²) in [5.41, 5.74) is 8.47. The zero-order valence-electron chi connectivity index (χ0n) is 12.2. The summed E-state index contributed by atoms with van der Waals surface area (Å²) in [4.78, 5) is 12.6. The highest BCUT2D eigenvalue weighted by Crippen LogP contribution is 2.19. The largest absolute Gasteiger partial charge is 0.383 e. The van der Waals surface area contributed by atoms with Gasteiger partial charge in [0.15, 0.2) is 0 Å². The lowest BCUT2D eigenvalue weighted by molar-refractivity contribution is 0.185. The minimum atomic E-state index is -0.468. The van der Waals surface area contributed by atoms with E-state index in [-0.39, 0.29) is 5.56 Å². The van der Waals surface area contributed by atoms with Crippen LogP contribution < -0.4 is 11.3 Å². The number of aromatic nitrogens is 1. The Labute approximate surface area is 129 Å². The maximum absolute atomic E-state index is 12.6. The Hall–Kier alpha value is -1.62. The minimum absolute atomic E-state index is 0.0745. The lowest BCUT2D eigenvalue weighted by atomic mass is 10.0. The average molecular weight is 307 g/mol. The first kappa shape index (κ1) is 15.8. The van der Waals surface area contributed by atoms with Crippen LogP contribution in [0.5, 0.6) is 0 Å². The number of nitrogens with zero attached hydrogens (tertiary/aromatic N) is 1. The van der Waals surface area contributed by atoms with Crippen LogP contribution in [0.25, 0.3) is 0 Å². The topological polar surface area (TPSA) is 57.2 Å². The lowest BCUT2D eigenvalue weighted by Gasteiger charge is -2.16. The summed E-state index contributed by atoms with van der Waals surface area (Å²) in [6, 6.07) is 10.5. The van der Waals surface area contributed by atoms with E-state index < -0.39 is 6.04 Å². The number of halogens is 1. The Morgan fingerprint density at radius 3 is 2.52 bits per heavy atom. The Bertz CT molecular complexity index is 665. The molecule has 21 heavy (non-hydrogen) atoms. The fourth-order valence-electron chi connectivity index (χ4n) is 2.23. The molecule has 1 atom stereocenters. The Morgan fingerprint density at radius 2 is 1.90 bits per heavy atom. The van der Waals surface area contributed by atoms with E-state index in [0.717, 1.165) is 11.3 Å². The molecule has 0 aliphatic heterocycles. The Balaban J connectivity index is 2.39. The van der Waals surface area contributed by atoms with Gasteiger partial charge in [0.2, 0.25) is 0 Å². The quantitative estimate of drug-likeness (QED) is 0.923. The van der Waals surface area contributed by atoms with Crippen LogP contribution in [0.3, 0.4) is 0 Å². The number of hydrogen-bond donors (Lipinski definition) is 1. The number of benzene rings is 1. The molecule has 1 aromatic carbocycles. The van der Waals surface area contributed by atoms with Crippen LogP contribution in [0.4, 0.5) is 0 Å². The molecular formula is C16H19ClN2O2. The normalized spacial score (nSPS) is 12.4. The first-order chi connectivity index (χ1) is 10.0. The van der Waals surface area contributed by atoms with Crippen molar-refractivity contribution in [3.8, 4) is 0 Å². The summed E-state index contributed by atoms with van der Waals surface area (Å²) in [6.45, 7) is 2.90. The fourth-order valence-corrected chi connectivity index (χ4v) is 2.36. The zero-order chi connectivity index (χ0) is 15.4. The van der Waals surface area contributed by atoms with Gasteiger partial charge >= 0.3 is 0 Å². The number of rotatable bonds is 5. The van der Waals surface area contributed by atoms with E-state index in [0.29, 0.717) is 23.7 Å². The molecule has 0 bridgehead atoms. The van der Waals surface area contributed by atoms with E-state index in [1.807, 2.05) is 25.1 Å². The lowest BCUT2D eigenvalue weighted by Crippen LogP contribution is -2.31. The maximum atomic E-state index is 12.6. The van der Waals surface area contributed by atoms with Gasteiger partial charge in [-0.3, -0.25) is 4.79 Å². The maximum Gasteiger partial charge on any atom is 0.255 e. The minimum Gasteiger partial charge on any atom is -0.383 e. The van der Waals surface area contributed by atoms with Crippen LogP contribution in [0.15, 0.2) is 41.2 Å². The molecule has 0 saturated carbocycles. The molecule has 1 aromatic heterocycles. The van der Waals surface area contributed by atoms with Gasteiger partial charge in [0.25, 0.3) is 5.56 Å². The monoisotopic (exact) mass is 306 g/mol. The smallest absolute Gasteiger partial charge is 0.255 e. The molecule has 1 unspecified atom stereocenters. The van der Waals surface area contributed by atoms with Crippen molar-refractivity contribution in [3.63, 3.8) is 0 Å². The molecule has 0 aliphatic rings. The second-order valence-electron chi connectivity index (χ2n) is 4.91.